The van der Waals surface area contributed by atoms with Crippen molar-refractivity contribution in [3.63, 3.8) is 0 Å². The van der Waals surface area contributed by atoms with Crippen molar-refractivity contribution in [2.45, 2.75) is 0 Å². The number of hydrogen-bond donors (Lipinski definition) is 0. The minimum Gasteiger partial charge on any atom is -0.867 e. The number of nitrogens with zero attached hydrogens (tertiary/aromatic N) is 4. The van der Waals surface area contributed by atoms with E-state index in [9.17, 15) is 25.3 Å². The maximum atomic E-state index is 12.0. The summed E-state index contributed by atoms with van der Waals surface area (Å²) in [6.45, 7) is 0. The lowest BCUT2D eigenvalue weighted by Crippen LogP contribution is -2.03. The van der Waals surface area contributed by atoms with Crippen LogP contribution in [0.4, 0.5) is 17.4 Å². The van der Waals surface area contributed by atoms with E-state index in [1.165, 1.54) is 7.11 Å². The molecule has 11 nitrogen and oxygen atoms in total. The number of methoxy groups -OCH3 is 1. The van der Waals surface area contributed by atoms with E-state index in [0.29, 0.717) is 22.9 Å². The Labute approximate surface area is 144 Å². The first kappa shape index (κ1) is 16.8. The minimum absolute atomic E-state index is 0.123. The van der Waals surface area contributed by atoms with Crippen LogP contribution < -0.4 is 9.84 Å². The number of non-ortho nitro benzene ring substituents is 1. The van der Waals surface area contributed by atoms with Crippen LogP contribution >= 0.6 is 0 Å². The second-order valence-electron chi connectivity index (χ2n) is 4.99. The Morgan fingerprint density at radius 3 is 2.62 bits per heavy atom. The highest BCUT2D eigenvalue weighted by molar-refractivity contribution is 5.88. The predicted octanol–water partition coefficient (Wildman–Crippen LogP) is 2.48. The first-order chi connectivity index (χ1) is 12.4. The van der Waals surface area contributed by atoms with E-state index in [0.717, 1.165) is 12.3 Å². The van der Waals surface area contributed by atoms with Gasteiger partial charge in [-0.25, -0.2) is 4.99 Å². The molecule has 0 amide bonds. The van der Waals surface area contributed by atoms with Gasteiger partial charge in [0.25, 0.3) is 11.4 Å². The van der Waals surface area contributed by atoms with Crippen LogP contribution in [0, 0.1) is 20.2 Å². The first-order valence-electron chi connectivity index (χ1n) is 7.01. The van der Waals surface area contributed by atoms with E-state index in [4.69, 9.17) is 9.15 Å². The summed E-state index contributed by atoms with van der Waals surface area (Å²) >= 11 is 0. The van der Waals surface area contributed by atoms with Crippen LogP contribution in [0.15, 0.2) is 39.7 Å². The van der Waals surface area contributed by atoms with Gasteiger partial charge in [-0.2, -0.15) is 4.98 Å². The largest absolute Gasteiger partial charge is 0.867 e. The van der Waals surface area contributed by atoms with E-state index in [1.54, 1.807) is 18.2 Å². The molecule has 3 rings (SSSR count). The van der Waals surface area contributed by atoms with Gasteiger partial charge in [-0.1, -0.05) is 0 Å². The molecule has 0 N–H and O–H groups in total. The Balaban J connectivity index is 2.02. The second-order valence-corrected chi connectivity index (χ2v) is 4.99. The third-order valence-corrected chi connectivity index (χ3v) is 3.39. The lowest BCUT2D eigenvalue weighted by molar-refractivity contribution is -0.403. The van der Waals surface area contributed by atoms with Crippen LogP contribution in [-0.4, -0.2) is 28.2 Å². The van der Waals surface area contributed by atoms with Gasteiger partial charge in [0.15, 0.2) is 5.58 Å². The molecule has 1 aromatic heterocycles. The number of rotatable bonds is 5. The topological polar surface area (TPSA) is 157 Å². The van der Waals surface area contributed by atoms with E-state index in [1.807, 2.05) is 0 Å². The maximum Gasteiger partial charge on any atom is 0.322 e. The SMILES string of the molecule is COc1ccc2nc(N=Cc3cc([N+](=O)[O-])cc([N+](=O)[O-])c3[O-])oc2c1. The number of hydrogen-bond acceptors (Lipinski definition) is 9. The van der Waals surface area contributed by atoms with Crippen molar-refractivity contribution in [1.82, 2.24) is 4.98 Å². The molecule has 1 heterocycles. The molecule has 0 radical (unpaired) electrons. The highest BCUT2D eigenvalue weighted by Crippen LogP contribution is 2.32. The summed E-state index contributed by atoms with van der Waals surface area (Å²) in [4.78, 5) is 27.9. The van der Waals surface area contributed by atoms with E-state index < -0.39 is 27.0 Å². The monoisotopic (exact) mass is 357 g/mol. The molecule has 0 fully saturated rings. The molecule has 0 saturated heterocycles. The van der Waals surface area contributed by atoms with Crippen LogP contribution in [-0.2, 0) is 0 Å². The first-order valence-corrected chi connectivity index (χ1v) is 7.01. The zero-order valence-corrected chi connectivity index (χ0v) is 13.1. The quantitative estimate of drug-likeness (QED) is 0.383. The van der Waals surface area contributed by atoms with Crippen molar-refractivity contribution in [3.8, 4) is 11.5 Å². The summed E-state index contributed by atoms with van der Waals surface area (Å²) in [7, 11) is 1.49. The Morgan fingerprint density at radius 1 is 1.19 bits per heavy atom. The van der Waals surface area contributed by atoms with Gasteiger partial charge in [0.2, 0.25) is 0 Å². The van der Waals surface area contributed by atoms with Crippen LogP contribution in [0.25, 0.3) is 11.1 Å². The molecule has 132 valence electrons. The summed E-state index contributed by atoms with van der Waals surface area (Å²) in [6, 6.07) is 6.25. The van der Waals surface area contributed by atoms with Gasteiger partial charge in [-0.05, 0) is 23.4 Å². The van der Waals surface area contributed by atoms with Gasteiger partial charge in [0, 0.05) is 18.3 Å². The van der Waals surface area contributed by atoms with Crippen molar-refractivity contribution in [1.29, 1.82) is 0 Å². The maximum absolute atomic E-state index is 12.0. The third-order valence-electron chi connectivity index (χ3n) is 3.39. The number of nitro benzene ring substituents is 2. The second kappa shape index (κ2) is 6.47. The van der Waals surface area contributed by atoms with Crippen LogP contribution in [0.2, 0.25) is 0 Å². The van der Waals surface area contributed by atoms with E-state index >= 15 is 0 Å². The molecule has 0 aliphatic heterocycles. The molecule has 0 saturated carbocycles. The number of ether oxygens (including phenoxy) is 1. The lowest BCUT2D eigenvalue weighted by Gasteiger charge is -2.09. The van der Waals surface area contributed by atoms with Gasteiger partial charge in [-0.3, -0.25) is 20.2 Å². The lowest BCUT2D eigenvalue weighted by atomic mass is 10.1. The number of nitro groups is 2. The number of fused-ring (bicyclic) bond motifs is 1. The molecule has 0 spiro atoms. The van der Waals surface area contributed by atoms with Gasteiger partial charge < -0.3 is 14.3 Å². The Hall–Kier alpha value is -4.02. The number of aromatic nitrogens is 1. The van der Waals surface area contributed by atoms with Crippen molar-refractivity contribution in [2.24, 2.45) is 4.99 Å². The highest BCUT2D eigenvalue weighted by atomic mass is 16.6. The molecule has 0 atom stereocenters. The minimum atomic E-state index is -0.998. The summed E-state index contributed by atoms with van der Waals surface area (Å²) in [5, 5.41) is 33.8. The third kappa shape index (κ3) is 3.13. The molecule has 0 bridgehead atoms. The molecule has 0 aliphatic rings. The molecule has 0 unspecified atom stereocenters. The van der Waals surface area contributed by atoms with Gasteiger partial charge in [0.05, 0.1) is 23.0 Å². The van der Waals surface area contributed by atoms with Crippen molar-refractivity contribution in [3.05, 3.63) is 56.1 Å². The van der Waals surface area contributed by atoms with Gasteiger partial charge in [-0.15, -0.1) is 0 Å². The van der Waals surface area contributed by atoms with Crippen LogP contribution in [0.1, 0.15) is 5.56 Å². The molecule has 3 aromatic rings. The van der Waals surface area contributed by atoms with Crippen molar-refractivity contribution < 1.29 is 24.1 Å². The Morgan fingerprint density at radius 2 is 1.96 bits per heavy atom. The molecule has 11 heteroatoms. The van der Waals surface area contributed by atoms with Gasteiger partial charge in [0.1, 0.15) is 11.3 Å². The fourth-order valence-electron chi connectivity index (χ4n) is 2.16. The zero-order valence-electron chi connectivity index (χ0n) is 13.1. The van der Waals surface area contributed by atoms with Crippen molar-refractivity contribution in [2.75, 3.05) is 7.11 Å². The standard InChI is InChI=1S/C15H10N4O7/c1-25-10-2-3-11-13(6-10)26-15(17-11)16-7-8-4-9(18(21)22)5-12(14(8)20)19(23)24/h2-7,20H,1H3/p-1. The highest BCUT2D eigenvalue weighted by Gasteiger charge is 2.18. The fourth-order valence-corrected chi connectivity index (χ4v) is 2.16. The predicted molar refractivity (Wildman–Crippen MR) is 87.0 cm³/mol. The van der Waals surface area contributed by atoms with Crippen LogP contribution in [0.3, 0.4) is 0 Å². The zero-order chi connectivity index (χ0) is 18.8. The van der Waals surface area contributed by atoms with Crippen molar-refractivity contribution >= 4 is 34.7 Å². The Bertz CT molecular complexity index is 1060. The average Bonchev–Trinajstić information content (AvgIpc) is 3.02. The van der Waals surface area contributed by atoms with Crippen LogP contribution in [0.5, 0.6) is 11.5 Å². The normalized spacial score (nSPS) is 11.1. The van der Waals surface area contributed by atoms with E-state index in [-0.39, 0.29) is 11.6 Å². The molecule has 2 aromatic carbocycles. The Kier molecular flexibility index (Phi) is 4.19. The average molecular weight is 357 g/mol. The smallest absolute Gasteiger partial charge is 0.322 e. The fraction of sp³-hybridized carbons (Fsp3) is 0.0667. The molecular formula is C15H9N4O7-. The molecule has 0 aliphatic carbocycles. The summed E-state index contributed by atoms with van der Waals surface area (Å²) < 4.78 is 10.4. The van der Waals surface area contributed by atoms with E-state index in [2.05, 4.69) is 9.98 Å². The molecule has 26 heavy (non-hydrogen) atoms. The number of oxazole rings is 1. The number of benzene rings is 2. The number of aliphatic imine (C=N–C) groups is 1. The summed E-state index contributed by atoms with van der Waals surface area (Å²) in [5.41, 5.74) is -0.983. The van der Waals surface area contributed by atoms with Gasteiger partial charge >= 0.3 is 6.01 Å². The molecular weight excluding hydrogens is 348 g/mol. The summed E-state index contributed by atoms with van der Waals surface area (Å²) in [6.07, 6.45) is 0.935. The summed E-state index contributed by atoms with van der Waals surface area (Å²) in [5.74, 6) is -0.456.